The van der Waals surface area contributed by atoms with Crippen LogP contribution in [0.3, 0.4) is 0 Å². The average molecular weight is 291 g/mol. The highest BCUT2D eigenvalue weighted by Crippen LogP contribution is 2.32. The van der Waals surface area contributed by atoms with Gasteiger partial charge in [-0.1, -0.05) is 6.92 Å². The van der Waals surface area contributed by atoms with E-state index < -0.39 is 0 Å². The van der Waals surface area contributed by atoms with Gasteiger partial charge >= 0.3 is 0 Å². The number of rotatable bonds is 5. The maximum Gasteiger partial charge on any atom is 0.132 e. The summed E-state index contributed by atoms with van der Waals surface area (Å²) in [5.74, 6) is 0.519. The highest BCUT2D eigenvalue weighted by atomic mass is 19.1. The maximum atomic E-state index is 13.5. The lowest BCUT2D eigenvalue weighted by Crippen LogP contribution is -2.18. The van der Waals surface area contributed by atoms with Gasteiger partial charge in [0.15, 0.2) is 0 Å². The van der Waals surface area contributed by atoms with Crippen molar-refractivity contribution in [3.05, 3.63) is 59.2 Å². The van der Waals surface area contributed by atoms with Crippen molar-refractivity contribution in [1.29, 1.82) is 0 Å². The second-order valence-electron chi connectivity index (χ2n) is 4.97. The first kappa shape index (κ1) is 15.4. The predicted molar refractivity (Wildman–Crippen MR) is 79.7 cm³/mol. The van der Waals surface area contributed by atoms with Crippen LogP contribution in [0.2, 0.25) is 0 Å². The molecule has 21 heavy (non-hydrogen) atoms. The summed E-state index contributed by atoms with van der Waals surface area (Å²) in [7, 11) is 0. The molecule has 1 N–H and O–H groups in total. The van der Waals surface area contributed by atoms with E-state index in [-0.39, 0.29) is 17.7 Å². The molecule has 2 aromatic rings. The van der Waals surface area contributed by atoms with Crippen LogP contribution in [0, 0.1) is 18.6 Å². The summed E-state index contributed by atoms with van der Waals surface area (Å²) in [5, 5.41) is 3.23. The highest BCUT2D eigenvalue weighted by Gasteiger charge is 2.14. The zero-order valence-electron chi connectivity index (χ0n) is 12.4. The van der Waals surface area contributed by atoms with Crippen LogP contribution in [0.15, 0.2) is 36.4 Å². The van der Waals surface area contributed by atoms with E-state index in [2.05, 4.69) is 5.32 Å². The summed E-state index contributed by atoms with van der Waals surface area (Å²) in [4.78, 5) is 0. The van der Waals surface area contributed by atoms with Gasteiger partial charge in [0.25, 0.3) is 0 Å². The third kappa shape index (κ3) is 3.79. The van der Waals surface area contributed by atoms with E-state index in [0.29, 0.717) is 17.1 Å². The molecule has 0 fully saturated rings. The fraction of sp³-hybridized carbons (Fsp3) is 0.294. The van der Waals surface area contributed by atoms with Crippen molar-refractivity contribution in [2.45, 2.75) is 26.8 Å². The van der Waals surface area contributed by atoms with E-state index in [0.717, 1.165) is 12.1 Å². The lowest BCUT2D eigenvalue weighted by molar-refractivity contribution is 0.455. The number of benzene rings is 2. The molecule has 0 aliphatic rings. The first-order valence-electron chi connectivity index (χ1n) is 6.98. The number of halogens is 2. The topological polar surface area (TPSA) is 21.3 Å². The van der Waals surface area contributed by atoms with Crippen LogP contribution < -0.4 is 10.1 Å². The zero-order valence-corrected chi connectivity index (χ0v) is 12.4. The Balaban J connectivity index is 2.34. The third-order valence-electron chi connectivity index (χ3n) is 3.31. The van der Waals surface area contributed by atoms with Crippen LogP contribution in [0.5, 0.6) is 11.5 Å². The molecule has 2 nitrogen and oxygen atoms in total. The SMILES string of the molecule is CCNC(C)c1cc(F)ccc1Oc1ccc(F)cc1C. The van der Waals surface area contributed by atoms with E-state index in [9.17, 15) is 8.78 Å². The van der Waals surface area contributed by atoms with Crippen LogP contribution >= 0.6 is 0 Å². The minimum Gasteiger partial charge on any atom is -0.457 e. The van der Waals surface area contributed by atoms with Crippen molar-refractivity contribution in [3.63, 3.8) is 0 Å². The molecule has 112 valence electrons. The fourth-order valence-corrected chi connectivity index (χ4v) is 2.21. The van der Waals surface area contributed by atoms with Crippen LogP contribution in [-0.2, 0) is 0 Å². The smallest absolute Gasteiger partial charge is 0.132 e. The molecule has 1 atom stereocenters. The fourth-order valence-electron chi connectivity index (χ4n) is 2.21. The molecule has 4 heteroatoms. The summed E-state index contributed by atoms with van der Waals surface area (Å²) in [6.07, 6.45) is 0. The standard InChI is InChI=1S/C17H19F2NO/c1-4-20-12(3)15-10-14(19)6-8-17(15)21-16-7-5-13(18)9-11(16)2/h5-10,12,20H,4H2,1-3H3. The summed E-state index contributed by atoms with van der Waals surface area (Å²) in [6.45, 7) is 6.48. The van der Waals surface area contributed by atoms with Crippen LogP contribution in [-0.4, -0.2) is 6.54 Å². The Morgan fingerprint density at radius 3 is 2.29 bits per heavy atom. The van der Waals surface area contributed by atoms with Gasteiger partial charge in [-0.2, -0.15) is 0 Å². The van der Waals surface area contributed by atoms with Crippen molar-refractivity contribution in [2.75, 3.05) is 6.54 Å². The Bertz CT molecular complexity index is 628. The number of nitrogens with one attached hydrogen (secondary N) is 1. The van der Waals surface area contributed by atoms with E-state index in [1.54, 1.807) is 19.1 Å². The maximum absolute atomic E-state index is 13.5. The number of aryl methyl sites for hydroxylation is 1. The molecular weight excluding hydrogens is 272 g/mol. The van der Waals surface area contributed by atoms with Crippen LogP contribution in [0.25, 0.3) is 0 Å². The van der Waals surface area contributed by atoms with Gasteiger partial charge < -0.3 is 10.1 Å². The van der Waals surface area contributed by atoms with Gasteiger partial charge in [0.05, 0.1) is 0 Å². The third-order valence-corrected chi connectivity index (χ3v) is 3.31. The van der Waals surface area contributed by atoms with Gasteiger partial charge in [-0.3, -0.25) is 0 Å². The number of hydrogen-bond donors (Lipinski definition) is 1. The normalized spacial score (nSPS) is 12.2. The van der Waals surface area contributed by atoms with Gasteiger partial charge in [-0.05, 0) is 62.4 Å². The molecule has 2 aromatic carbocycles. The lowest BCUT2D eigenvalue weighted by atomic mass is 10.1. The number of ether oxygens (including phenoxy) is 1. The van der Waals surface area contributed by atoms with Gasteiger partial charge in [0.2, 0.25) is 0 Å². The first-order chi connectivity index (χ1) is 10.0. The van der Waals surface area contributed by atoms with Gasteiger partial charge in [0, 0.05) is 11.6 Å². The van der Waals surface area contributed by atoms with Crippen LogP contribution in [0.1, 0.15) is 31.0 Å². The van der Waals surface area contributed by atoms with E-state index in [1.807, 2.05) is 13.8 Å². The van der Waals surface area contributed by atoms with Crippen molar-refractivity contribution in [1.82, 2.24) is 5.32 Å². The molecule has 0 aliphatic carbocycles. The molecule has 1 unspecified atom stereocenters. The van der Waals surface area contributed by atoms with E-state index in [1.165, 1.54) is 24.3 Å². The van der Waals surface area contributed by atoms with Crippen molar-refractivity contribution in [3.8, 4) is 11.5 Å². The first-order valence-corrected chi connectivity index (χ1v) is 6.98. The number of hydrogen-bond acceptors (Lipinski definition) is 2. The minimum absolute atomic E-state index is 0.0403. The Morgan fingerprint density at radius 2 is 1.67 bits per heavy atom. The molecule has 0 heterocycles. The van der Waals surface area contributed by atoms with Crippen LogP contribution in [0.4, 0.5) is 8.78 Å². The van der Waals surface area contributed by atoms with Gasteiger partial charge in [-0.15, -0.1) is 0 Å². The molecule has 0 spiro atoms. The summed E-state index contributed by atoms with van der Waals surface area (Å²) >= 11 is 0. The summed E-state index contributed by atoms with van der Waals surface area (Å²) < 4.78 is 32.5. The molecular formula is C17H19F2NO. The zero-order chi connectivity index (χ0) is 15.4. The van der Waals surface area contributed by atoms with E-state index in [4.69, 9.17) is 4.74 Å². The second kappa shape index (κ2) is 6.68. The molecule has 2 rings (SSSR count). The Hall–Kier alpha value is -1.94. The summed E-state index contributed by atoms with van der Waals surface area (Å²) in [6, 6.07) is 8.71. The molecule has 0 bridgehead atoms. The Morgan fingerprint density at radius 1 is 1.05 bits per heavy atom. The molecule has 0 aromatic heterocycles. The van der Waals surface area contributed by atoms with Gasteiger partial charge in [-0.25, -0.2) is 8.78 Å². The molecule has 0 radical (unpaired) electrons. The molecule has 0 aliphatic heterocycles. The molecule has 0 saturated heterocycles. The van der Waals surface area contributed by atoms with E-state index >= 15 is 0 Å². The van der Waals surface area contributed by atoms with Crippen molar-refractivity contribution < 1.29 is 13.5 Å². The van der Waals surface area contributed by atoms with Crippen molar-refractivity contribution >= 4 is 0 Å². The molecule has 0 saturated carbocycles. The van der Waals surface area contributed by atoms with Gasteiger partial charge in [0.1, 0.15) is 23.1 Å². The predicted octanol–water partition coefficient (Wildman–Crippen LogP) is 4.74. The second-order valence-corrected chi connectivity index (χ2v) is 4.97. The lowest BCUT2D eigenvalue weighted by Gasteiger charge is -2.18. The van der Waals surface area contributed by atoms with Crippen molar-refractivity contribution in [2.24, 2.45) is 0 Å². The Labute approximate surface area is 123 Å². The highest BCUT2D eigenvalue weighted by molar-refractivity contribution is 5.42. The average Bonchev–Trinajstić information content (AvgIpc) is 2.43. The summed E-state index contributed by atoms with van der Waals surface area (Å²) in [5.41, 5.74) is 1.43. The minimum atomic E-state index is -0.307. The monoisotopic (exact) mass is 291 g/mol. The Kier molecular flexibility index (Phi) is 4.91. The largest absolute Gasteiger partial charge is 0.457 e. The quantitative estimate of drug-likeness (QED) is 0.859. The molecule has 0 amide bonds.